The molecule has 1 aromatic heterocycles. The molecule has 0 fully saturated rings. The van der Waals surface area contributed by atoms with Crippen molar-refractivity contribution in [3.63, 3.8) is 0 Å². The van der Waals surface area contributed by atoms with Crippen LogP contribution in [0, 0.1) is 6.92 Å². The SMILES string of the molecule is Cc1cccc2c1OCCC(=Cc1ccc(-n3cccn3)cc1)C2=O. The Morgan fingerprint density at radius 1 is 1.12 bits per heavy atom. The number of hydrogen-bond acceptors (Lipinski definition) is 3. The van der Waals surface area contributed by atoms with Crippen LogP contribution in [0.3, 0.4) is 0 Å². The third-order valence-corrected chi connectivity index (χ3v) is 4.37. The van der Waals surface area contributed by atoms with Gasteiger partial charge in [0.05, 0.1) is 17.9 Å². The summed E-state index contributed by atoms with van der Waals surface area (Å²) in [7, 11) is 0. The molecule has 0 unspecified atom stereocenters. The van der Waals surface area contributed by atoms with Crippen LogP contribution in [-0.4, -0.2) is 22.2 Å². The molecule has 2 heterocycles. The normalized spacial score (nSPS) is 15.6. The van der Waals surface area contributed by atoms with Crippen molar-refractivity contribution in [1.82, 2.24) is 9.78 Å². The van der Waals surface area contributed by atoms with E-state index in [4.69, 9.17) is 4.74 Å². The van der Waals surface area contributed by atoms with E-state index >= 15 is 0 Å². The molecule has 1 aliphatic rings. The van der Waals surface area contributed by atoms with E-state index in [1.807, 2.05) is 67.7 Å². The van der Waals surface area contributed by atoms with Gasteiger partial charge in [0.25, 0.3) is 0 Å². The predicted octanol–water partition coefficient (Wildman–Crippen LogP) is 4.23. The van der Waals surface area contributed by atoms with Gasteiger partial charge in [0.15, 0.2) is 5.78 Å². The van der Waals surface area contributed by atoms with E-state index < -0.39 is 0 Å². The summed E-state index contributed by atoms with van der Waals surface area (Å²) in [5.74, 6) is 0.761. The number of Topliss-reactive ketones (excluding diaryl/α,β-unsaturated/α-hetero) is 1. The number of benzene rings is 2. The van der Waals surface area contributed by atoms with E-state index in [0.717, 1.165) is 22.4 Å². The Bertz CT molecular complexity index is 939. The van der Waals surface area contributed by atoms with Crippen molar-refractivity contribution in [3.8, 4) is 11.4 Å². The molecular formula is C21H18N2O2. The maximum absolute atomic E-state index is 12.9. The largest absolute Gasteiger partial charge is 0.492 e. The van der Waals surface area contributed by atoms with Crippen LogP contribution in [0.2, 0.25) is 0 Å². The first kappa shape index (κ1) is 15.4. The zero-order chi connectivity index (χ0) is 17.2. The Kier molecular flexibility index (Phi) is 3.94. The molecule has 1 aliphatic heterocycles. The Hall–Kier alpha value is -3.14. The summed E-state index contributed by atoms with van der Waals surface area (Å²) in [6.07, 6.45) is 6.21. The van der Waals surface area contributed by atoms with Gasteiger partial charge in [-0.05, 0) is 48.4 Å². The molecule has 2 aromatic carbocycles. The maximum atomic E-state index is 12.9. The quantitative estimate of drug-likeness (QED) is 0.661. The Labute approximate surface area is 146 Å². The van der Waals surface area contributed by atoms with Crippen molar-refractivity contribution in [1.29, 1.82) is 0 Å². The van der Waals surface area contributed by atoms with Gasteiger partial charge in [-0.25, -0.2) is 4.68 Å². The van der Waals surface area contributed by atoms with Crippen LogP contribution in [0.25, 0.3) is 11.8 Å². The molecule has 4 nitrogen and oxygen atoms in total. The summed E-state index contributed by atoms with van der Waals surface area (Å²) in [5.41, 5.74) is 4.41. The topological polar surface area (TPSA) is 44.1 Å². The molecule has 0 radical (unpaired) electrons. The zero-order valence-electron chi connectivity index (χ0n) is 14.0. The molecule has 25 heavy (non-hydrogen) atoms. The minimum atomic E-state index is 0.0485. The fourth-order valence-electron chi connectivity index (χ4n) is 3.06. The number of hydrogen-bond donors (Lipinski definition) is 0. The van der Waals surface area contributed by atoms with Gasteiger partial charge in [0.2, 0.25) is 0 Å². The third-order valence-electron chi connectivity index (χ3n) is 4.37. The van der Waals surface area contributed by atoms with Crippen LogP contribution in [0.15, 0.2) is 66.5 Å². The van der Waals surface area contributed by atoms with Crippen molar-refractivity contribution >= 4 is 11.9 Å². The molecule has 0 amide bonds. The second kappa shape index (κ2) is 6.40. The van der Waals surface area contributed by atoms with Crippen molar-refractivity contribution in [2.75, 3.05) is 6.61 Å². The van der Waals surface area contributed by atoms with Crippen LogP contribution >= 0.6 is 0 Å². The number of aromatic nitrogens is 2. The molecular weight excluding hydrogens is 312 g/mol. The van der Waals surface area contributed by atoms with E-state index in [0.29, 0.717) is 24.3 Å². The molecule has 0 aliphatic carbocycles. The number of ketones is 1. The number of aryl methyl sites for hydroxylation is 1. The fourth-order valence-corrected chi connectivity index (χ4v) is 3.06. The summed E-state index contributed by atoms with van der Waals surface area (Å²) >= 11 is 0. The predicted molar refractivity (Wildman–Crippen MR) is 97.2 cm³/mol. The van der Waals surface area contributed by atoms with E-state index in [9.17, 15) is 4.79 Å². The van der Waals surface area contributed by atoms with Crippen LogP contribution in [0.5, 0.6) is 5.75 Å². The van der Waals surface area contributed by atoms with Gasteiger partial charge in [-0.15, -0.1) is 0 Å². The molecule has 3 aromatic rings. The van der Waals surface area contributed by atoms with Crippen molar-refractivity contribution in [2.24, 2.45) is 0 Å². The second-order valence-electron chi connectivity index (χ2n) is 6.09. The molecule has 4 heteroatoms. The van der Waals surface area contributed by atoms with E-state index in [1.54, 1.807) is 10.9 Å². The van der Waals surface area contributed by atoms with E-state index in [2.05, 4.69) is 5.10 Å². The number of para-hydroxylation sites is 1. The number of rotatable bonds is 2. The van der Waals surface area contributed by atoms with Crippen molar-refractivity contribution in [2.45, 2.75) is 13.3 Å². The van der Waals surface area contributed by atoms with Gasteiger partial charge in [-0.3, -0.25) is 4.79 Å². The third kappa shape index (κ3) is 2.98. The van der Waals surface area contributed by atoms with Gasteiger partial charge < -0.3 is 4.74 Å². The van der Waals surface area contributed by atoms with Crippen LogP contribution < -0.4 is 4.74 Å². The first-order valence-corrected chi connectivity index (χ1v) is 8.30. The summed E-state index contributed by atoms with van der Waals surface area (Å²) in [5, 5.41) is 4.22. The van der Waals surface area contributed by atoms with Gasteiger partial charge >= 0.3 is 0 Å². The van der Waals surface area contributed by atoms with Crippen LogP contribution in [-0.2, 0) is 0 Å². The van der Waals surface area contributed by atoms with Gasteiger partial charge in [0.1, 0.15) is 5.75 Å². The smallest absolute Gasteiger partial charge is 0.192 e. The fraction of sp³-hybridized carbons (Fsp3) is 0.143. The molecule has 0 atom stereocenters. The lowest BCUT2D eigenvalue weighted by Gasteiger charge is -2.08. The number of ether oxygens (including phenoxy) is 1. The Morgan fingerprint density at radius 3 is 2.72 bits per heavy atom. The highest BCUT2D eigenvalue weighted by atomic mass is 16.5. The first-order valence-electron chi connectivity index (χ1n) is 8.30. The molecule has 0 saturated heterocycles. The molecule has 0 N–H and O–H groups in total. The summed E-state index contributed by atoms with van der Waals surface area (Å²) in [4.78, 5) is 12.9. The molecule has 4 rings (SSSR count). The summed E-state index contributed by atoms with van der Waals surface area (Å²) < 4.78 is 7.62. The van der Waals surface area contributed by atoms with E-state index in [-0.39, 0.29) is 5.78 Å². The Balaban J connectivity index is 1.66. The molecule has 0 saturated carbocycles. The van der Waals surface area contributed by atoms with Gasteiger partial charge in [-0.2, -0.15) is 5.10 Å². The average molecular weight is 330 g/mol. The zero-order valence-corrected chi connectivity index (χ0v) is 14.0. The van der Waals surface area contributed by atoms with Crippen LogP contribution in [0.4, 0.5) is 0 Å². The molecule has 0 bridgehead atoms. The lowest BCUT2D eigenvalue weighted by atomic mass is 9.98. The molecule has 0 spiro atoms. The Morgan fingerprint density at radius 2 is 1.96 bits per heavy atom. The number of carbonyl (C=O) groups excluding carboxylic acids is 1. The van der Waals surface area contributed by atoms with Crippen molar-refractivity contribution < 1.29 is 9.53 Å². The van der Waals surface area contributed by atoms with Crippen molar-refractivity contribution in [3.05, 3.63) is 83.2 Å². The molecule has 124 valence electrons. The van der Waals surface area contributed by atoms with E-state index in [1.165, 1.54) is 0 Å². The minimum Gasteiger partial charge on any atom is -0.492 e. The number of nitrogens with zero attached hydrogens (tertiary/aromatic N) is 2. The standard InChI is InChI=1S/C21H18N2O2/c1-15-4-2-5-19-20(24)17(10-13-25-21(15)19)14-16-6-8-18(9-7-16)23-12-3-11-22-23/h2-9,11-12,14H,10,13H2,1H3. The lowest BCUT2D eigenvalue weighted by molar-refractivity contribution is 0.103. The monoisotopic (exact) mass is 330 g/mol. The highest BCUT2D eigenvalue weighted by Gasteiger charge is 2.22. The average Bonchev–Trinajstić information content (AvgIpc) is 3.11. The highest BCUT2D eigenvalue weighted by molar-refractivity contribution is 6.13. The number of fused-ring (bicyclic) bond motifs is 1. The number of carbonyl (C=O) groups is 1. The van der Waals surface area contributed by atoms with Gasteiger partial charge in [-0.1, -0.05) is 24.3 Å². The van der Waals surface area contributed by atoms with Crippen LogP contribution in [0.1, 0.15) is 27.9 Å². The highest BCUT2D eigenvalue weighted by Crippen LogP contribution is 2.30. The maximum Gasteiger partial charge on any atom is 0.192 e. The van der Waals surface area contributed by atoms with Gasteiger partial charge in [0, 0.05) is 24.4 Å². The summed E-state index contributed by atoms with van der Waals surface area (Å²) in [6, 6.07) is 15.6. The first-order chi connectivity index (χ1) is 12.2. The minimum absolute atomic E-state index is 0.0485. The lowest BCUT2D eigenvalue weighted by Crippen LogP contribution is -2.02. The second-order valence-corrected chi connectivity index (χ2v) is 6.09. The summed E-state index contributed by atoms with van der Waals surface area (Å²) in [6.45, 7) is 2.48.